The summed E-state index contributed by atoms with van der Waals surface area (Å²) in [5, 5.41) is 4.24. The van der Waals surface area contributed by atoms with Crippen molar-refractivity contribution in [3.8, 4) is 0 Å². The predicted octanol–water partition coefficient (Wildman–Crippen LogP) is 4.84. The van der Waals surface area contributed by atoms with Crippen molar-refractivity contribution in [3.63, 3.8) is 0 Å². The average Bonchev–Trinajstić information content (AvgIpc) is 3.34. The molecule has 0 unspecified atom stereocenters. The van der Waals surface area contributed by atoms with Crippen molar-refractivity contribution in [1.82, 2.24) is 9.29 Å². The Bertz CT molecular complexity index is 1220. The van der Waals surface area contributed by atoms with Crippen LogP contribution in [0.3, 0.4) is 0 Å². The minimum absolute atomic E-state index is 0.0599. The van der Waals surface area contributed by atoms with E-state index >= 15 is 0 Å². The lowest BCUT2D eigenvalue weighted by atomic mass is 10.1. The Hall–Kier alpha value is -2.42. The molecule has 1 amide bonds. The van der Waals surface area contributed by atoms with Crippen LogP contribution in [0.15, 0.2) is 64.5 Å². The molecule has 6 nitrogen and oxygen atoms in total. The van der Waals surface area contributed by atoms with Crippen molar-refractivity contribution in [2.24, 2.45) is 0 Å². The molecule has 2 aromatic carbocycles. The second kappa shape index (κ2) is 9.60. The zero-order valence-corrected chi connectivity index (χ0v) is 19.9. The molecule has 0 aliphatic carbocycles. The van der Waals surface area contributed by atoms with Gasteiger partial charge in [0.05, 0.1) is 20.7 Å². The lowest BCUT2D eigenvalue weighted by Gasteiger charge is -2.17. The molecule has 1 N–H and O–H groups in total. The summed E-state index contributed by atoms with van der Waals surface area (Å²) in [5.74, 6) is -0.0599. The first kappa shape index (κ1) is 22.8. The largest absolute Gasteiger partial charge is 0.325 e. The summed E-state index contributed by atoms with van der Waals surface area (Å²) >= 11 is 1.43. The van der Waals surface area contributed by atoms with E-state index in [1.54, 1.807) is 22.5 Å². The van der Waals surface area contributed by atoms with E-state index < -0.39 is 10.0 Å². The summed E-state index contributed by atoms with van der Waals surface area (Å²) in [5.41, 5.74) is 2.44. The number of aryl methyl sites for hydroxylation is 1. The van der Waals surface area contributed by atoms with Gasteiger partial charge in [0, 0.05) is 24.2 Å². The van der Waals surface area contributed by atoms with E-state index in [-0.39, 0.29) is 11.2 Å². The molecule has 32 heavy (non-hydrogen) atoms. The Kier molecular flexibility index (Phi) is 6.83. The molecular weight excluding hydrogens is 442 g/mol. The fraction of sp³-hybridized carbons (Fsp3) is 0.333. The molecule has 3 aromatic rings. The SMILES string of the molecule is CC[C@H](Sc1cc(C)c2cc(S(=O)(=O)N3CCCC3)ccc2n1)C(=O)Nc1ccccc1. The van der Waals surface area contributed by atoms with Crippen molar-refractivity contribution in [2.45, 2.75) is 48.3 Å². The summed E-state index contributed by atoms with van der Waals surface area (Å²) in [6.07, 6.45) is 2.48. The molecule has 1 fully saturated rings. The quantitative estimate of drug-likeness (QED) is 0.501. The van der Waals surface area contributed by atoms with Gasteiger partial charge in [0.2, 0.25) is 15.9 Å². The van der Waals surface area contributed by atoms with E-state index in [0.29, 0.717) is 24.4 Å². The van der Waals surface area contributed by atoms with Crippen molar-refractivity contribution >= 4 is 44.3 Å². The average molecular weight is 470 g/mol. The molecule has 4 rings (SSSR count). The van der Waals surface area contributed by atoms with Crippen LogP contribution in [0.1, 0.15) is 31.7 Å². The van der Waals surface area contributed by atoms with Crippen LogP contribution in [0.25, 0.3) is 10.9 Å². The second-order valence-electron chi connectivity index (χ2n) is 7.94. The van der Waals surface area contributed by atoms with Gasteiger partial charge in [-0.3, -0.25) is 4.79 Å². The van der Waals surface area contributed by atoms with Crippen LogP contribution >= 0.6 is 11.8 Å². The van der Waals surface area contributed by atoms with E-state index in [1.807, 2.05) is 50.2 Å². The van der Waals surface area contributed by atoms with Crippen LogP contribution in [-0.2, 0) is 14.8 Å². The lowest BCUT2D eigenvalue weighted by molar-refractivity contribution is -0.115. The molecule has 1 aliphatic heterocycles. The molecule has 8 heteroatoms. The fourth-order valence-electron chi connectivity index (χ4n) is 3.85. The number of thioether (sulfide) groups is 1. The number of aromatic nitrogens is 1. The number of hydrogen-bond acceptors (Lipinski definition) is 5. The molecule has 1 atom stereocenters. The molecular formula is C24H27N3O3S2. The highest BCUT2D eigenvalue weighted by molar-refractivity contribution is 8.00. The number of rotatable bonds is 7. The third kappa shape index (κ3) is 4.82. The van der Waals surface area contributed by atoms with Gasteiger partial charge in [0.1, 0.15) is 0 Å². The van der Waals surface area contributed by atoms with Gasteiger partial charge >= 0.3 is 0 Å². The predicted molar refractivity (Wildman–Crippen MR) is 129 cm³/mol. The zero-order valence-electron chi connectivity index (χ0n) is 18.2. The number of amides is 1. The first-order valence-electron chi connectivity index (χ1n) is 10.8. The number of hydrogen-bond donors (Lipinski definition) is 1. The Balaban J connectivity index is 1.57. The molecule has 168 valence electrons. The Labute approximate surface area is 193 Å². The second-order valence-corrected chi connectivity index (χ2v) is 11.1. The van der Waals surface area contributed by atoms with Gasteiger partial charge in [-0.25, -0.2) is 13.4 Å². The van der Waals surface area contributed by atoms with Gasteiger partial charge in [-0.1, -0.05) is 36.9 Å². The van der Waals surface area contributed by atoms with E-state index in [1.165, 1.54) is 11.8 Å². The maximum absolute atomic E-state index is 12.9. The maximum Gasteiger partial charge on any atom is 0.243 e. The standard InChI is InChI=1S/C24H27N3O3S2/c1-3-22(24(28)25-18-9-5-4-6-10-18)31-23-15-17(2)20-16-19(11-12-21(20)26-23)32(29,30)27-13-7-8-14-27/h4-6,9-12,15-16,22H,3,7-8,13-14H2,1-2H3,(H,25,28)/t22-/m0/s1. The summed E-state index contributed by atoms with van der Waals surface area (Å²) in [4.78, 5) is 17.8. The third-order valence-corrected chi connectivity index (χ3v) is 8.81. The number of fused-ring (bicyclic) bond motifs is 1. The number of nitrogens with zero attached hydrogens (tertiary/aromatic N) is 2. The van der Waals surface area contributed by atoms with Crippen molar-refractivity contribution < 1.29 is 13.2 Å². The minimum Gasteiger partial charge on any atom is -0.325 e. The van der Waals surface area contributed by atoms with Crippen LogP contribution in [0, 0.1) is 6.92 Å². The molecule has 2 heterocycles. The van der Waals surface area contributed by atoms with Crippen LogP contribution in [0.2, 0.25) is 0 Å². The number of para-hydroxylation sites is 1. The molecule has 0 bridgehead atoms. The van der Waals surface area contributed by atoms with Gasteiger partial charge in [-0.2, -0.15) is 4.31 Å². The monoisotopic (exact) mass is 469 g/mol. The van der Waals surface area contributed by atoms with E-state index in [4.69, 9.17) is 4.98 Å². The number of sulfonamides is 1. The topological polar surface area (TPSA) is 79.4 Å². The van der Waals surface area contributed by atoms with Gasteiger partial charge in [-0.15, -0.1) is 0 Å². The summed E-state index contributed by atoms with van der Waals surface area (Å²) < 4.78 is 27.4. The van der Waals surface area contributed by atoms with Crippen LogP contribution in [-0.4, -0.2) is 42.0 Å². The molecule has 0 spiro atoms. The summed E-state index contributed by atoms with van der Waals surface area (Å²) in [6, 6.07) is 16.5. The first-order chi connectivity index (χ1) is 15.4. The Morgan fingerprint density at radius 3 is 2.53 bits per heavy atom. The van der Waals surface area contributed by atoms with Crippen molar-refractivity contribution in [1.29, 1.82) is 0 Å². The van der Waals surface area contributed by atoms with Gasteiger partial charge in [-0.05, 0) is 68.1 Å². The third-order valence-electron chi connectivity index (χ3n) is 5.63. The first-order valence-corrected chi connectivity index (χ1v) is 13.1. The normalized spacial score (nSPS) is 15.7. The van der Waals surface area contributed by atoms with E-state index in [9.17, 15) is 13.2 Å². The smallest absolute Gasteiger partial charge is 0.243 e. The van der Waals surface area contributed by atoms with Crippen molar-refractivity contribution in [2.75, 3.05) is 18.4 Å². The molecule has 0 saturated carbocycles. The van der Waals surface area contributed by atoms with Gasteiger partial charge in [0.25, 0.3) is 0 Å². The van der Waals surface area contributed by atoms with Crippen LogP contribution in [0.5, 0.6) is 0 Å². The zero-order chi connectivity index (χ0) is 22.7. The molecule has 1 aromatic heterocycles. The minimum atomic E-state index is -3.47. The Morgan fingerprint density at radius 2 is 1.84 bits per heavy atom. The van der Waals surface area contributed by atoms with E-state index in [2.05, 4.69) is 5.32 Å². The highest BCUT2D eigenvalue weighted by atomic mass is 32.2. The van der Waals surface area contributed by atoms with Crippen LogP contribution in [0.4, 0.5) is 5.69 Å². The van der Waals surface area contributed by atoms with Gasteiger partial charge < -0.3 is 5.32 Å². The number of pyridine rings is 1. The number of carbonyl (C=O) groups is 1. The number of nitrogens with one attached hydrogen (secondary N) is 1. The molecule has 1 saturated heterocycles. The van der Waals surface area contributed by atoms with Gasteiger partial charge in [0.15, 0.2) is 0 Å². The fourth-order valence-corrected chi connectivity index (χ4v) is 6.42. The Morgan fingerprint density at radius 1 is 1.12 bits per heavy atom. The van der Waals surface area contributed by atoms with Crippen molar-refractivity contribution in [3.05, 3.63) is 60.2 Å². The molecule has 1 aliphatic rings. The number of benzene rings is 2. The summed E-state index contributed by atoms with van der Waals surface area (Å²) in [7, 11) is -3.47. The van der Waals surface area contributed by atoms with E-state index in [0.717, 1.165) is 40.0 Å². The number of carbonyl (C=O) groups excluding carboxylic acids is 1. The lowest BCUT2D eigenvalue weighted by Crippen LogP contribution is -2.27. The molecule has 0 radical (unpaired) electrons. The van der Waals surface area contributed by atoms with Crippen LogP contribution < -0.4 is 5.32 Å². The maximum atomic E-state index is 12.9. The summed E-state index contributed by atoms with van der Waals surface area (Å²) in [6.45, 7) is 5.09. The highest BCUT2D eigenvalue weighted by Crippen LogP contribution is 2.31. The number of anilines is 1. The highest BCUT2D eigenvalue weighted by Gasteiger charge is 2.27.